The minimum atomic E-state index is -0.684. The fourth-order valence-corrected chi connectivity index (χ4v) is 1.11. The first-order chi connectivity index (χ1) is 4.18. The molecule has 0 bridgehead atoms. The maximum atomic E-state index is 10.2. The minimum absolute atomic E-state index is 0.148. The molecule has 0 aromatic carbocycles. The van der Waals surface area contributed by atoms with Gasteiger partial charge >= 0.3 is 68.7 Å². The van der Waals surface area contributed by atoms with Gasteiger partial charge < -0.3 is 0 Å². The van der Waals surface area contributed by atoms with Crippen molar-refractivity contribution in [2.24, 2.45) is 0 Å². The quantitative estimate of drug-likeness (QED) is 0.514. The normalized spacial score (nSPS) is 13.1. The molecule has 0 amide bonds. The van der Waals surface area contributed by atoms with Crippen LogP contribution < -0.4 is 0 Å². The number of aliphatic carboxylic acids is 1. The second-order valence-electron chi connectivity index (χ2n) is 1.81. The van der Waals surface area contributed by atoms with Gasteiger partial charge in [-0.25, -0.2) is 0 Å². The third kappa shape index (κ3) is 4.86. The van der Waals surface area contributed by atoms with Gasteiger partial charge in [0.25, 0.3) is 0 Å². The fourth-order valence-electron chi connectivity index (χ4n) is 0.435. The molecule has 4 heteroatoms. The van der Waals surface area contributed by atoms with Crippen LogP contribution in [0.25, 0.3) is 0 Å². The van der Waals surface area contributed by atoms with Crippen molar-refractivity contribution in [3.05, 3.63) is 0 Å². The zero-order valence-electron chi connectivity index (χ0n) is 5.08. The summed E-state index contributed by atoms with van der Waals surface area (Å²) in [5.41, 5.74) is 0. The van der Waals surface area contributed by atoms with Crippen LogP contribution in [0.4, 0.5) is 0 Å². The third-order valence-corrected chi connectivity index (χ3v) is 2.60. The molecule has 0 aliphatic carbocycles. The van der Waals surface area contributed by atoms with Crippen molar-refractivity contribution in [3.8, 4) is 0 Å². The van der Waals surface area contributed by atoms with Gasteiger partial charge in [-0.3, -0.25) is 0 Å². The number of hydrogen-bond donors (Lipinski definition) is 2. The Morgan fingerprint density at radius 3 is 2.67 bits per heavy atom. The summed E-state index contributed by atoms with van der Waals surface area (Å²) in [6, 6.07) is 0. The van der Waals surface area contributed by atoms with Gasteiger partial charge in [0.2, 0.25) is 0 Å². The first-order valence-corrected chi connectivity index (χ1v) is 4.81. The summed E-state index contributed by atoms with van der Waals surface area (Å²) in [6.07, 6.45) is 1.66. The molecule has 1 N–H and O–H groups in total. The molecule has 54 valence electrons. The molecular weight excluding hydrogens is 199 g/mol. The van der Waals surface area contributed by atoms with Gasteiger partial charge in [0.15, 0.2) is 0 Å². The molecule has 0 rings (SSSR count). The molecule has 0 saturated heterocycles. The summed E-state index contributed by atoms with van der Waals surface area (Å²) in [5, 5.41) is 8.40. The Hall–Kier alpha value is 0.378. The standard InChI is InChI=1S/C5H11AsO2S/c6-4(5(7)8)2-1-3-9/h4,9H,1-3,6H2,(H,7,8). The summed E-state index contributed by atoms with van der Waals surface area (Å²) in [4.78, 5) is 10.2. The predicted octanol–water partition coefficient (Wildman–Crippen LogP) is 0.203. The predicted molar refractivity (Wildman–Crippen MR) is 43.0 cm³/mol. The number of hydrogen-bond acceptors (Lipinski definition) is 2. The Balaban J connectivity index is 3.27. The zero-order valence-corrected chi connectivity index (χ0v) is 8.40. The van der Waals surface area contributed by atoms with Gasteiger partial charge in [0.05, 0.1) is 0 Å². The van der Waals surface area contributed by atoms with Crippen molar-refractivity contribution in [3.63, 3.8) is 0 Å². The van der Waals surface area contributed by atoms with Gasteiger partial charge in [0.1, 0.15) is 0 Å². The Morgan fingerprint density at radius 1 is 1.78 bits per heavy atom. The third-order valence-electron chi connectivity index (χ3n) is 0.990. The molecule has 9 heavy (non-hydrogen) atoms. The first-order valence-electron chi connectivity index (χ1n) is 2.77. The monoisotopic (exact) mass is 210 g/mol. The Kier molecular flexibility index (Phi) is 5.40. The van der Waals surface area contributed by atoms with Crippen LogP contribution in [0.15, 0.2) is 0 Å². The molecule has 2 nitrogen and oxygen atoms in total. The number of carbonyl (C=O) groups is 1. The summed E-state index contributed by atoms with van der Waals surface area (Å²) < 4.78 is -0.148. The van der Waals surface area contributed by atoms with Gasteiger partial charge in [-0.1, -0.05) is 0 Å². The van der Waals surface area contributed by atoms with Crippen molar-refractivity contribution in [1.82, 2.24) is 0 Å². The van der Waals surface area contributed by atoms with Crippen molar-refractivity contribution in [1.29, 1.82) is 0 Å². The Bertz CT molecular complexity index is 97.0. The molecule has 0 fully saturated rings. The first kappa shape index (κ1) is 9.38. The van der Waals surface area contributed by atoms with E-state index in [0.717, 1.165) is 18.6 Å². The zero-order chi connectivity index (χ0) is 7.28. The van der Waals surface area contributed by atoms with Gasteiger partial charge in [-0.05, 0) is 0 Å². The van der Waals surface area contributed by atoms with E-state index in [-0.39, 0.29) is 4.71 Å². The van der Waals surface area contributed by atoms with E-state index in [2.05, 4.69) is 12.6 Å². The molecule has 2 unspecified atom stereocenters. The van der Waals surface area contributed by atoms with Crippen molar-refractivity contribution < 1.29 is 9.90 Å². The topological polar surface area (TPSA) is 37.3 Å². The van der Waals surface area contributed by atoms with E-state index in [1.54, 1.807) is 0 Å². The van der Waals surface area contributed by atoms with Crippen LogP contribution in [-0.2, 0) is 4.79 Å². The molecule has 0 aliphatic heterocycles. The van der Waals surface area contributed by atoms with Crippen LogP contribution in [0.1, 0.15) is 12.8 Å². The molecule has 0 radical (unpaired) electrons. The van der Waals surface area contributed by atoms with Crippen molar-refractivity contribution in [2.75, 3.05) is 5.75 Å². The van der Waals surface area contributed by atoms with Crippen molar-refractivity contribution >= 4 is 35.5 Å². The average Bonchev–Trinajstić information content (AvgIpc) is 1.82. The molecular formula is C5H11AsO2S. The maximum absolute atomic E-state index is 10.2. The SMILES string of the molecule is O=C(O)C([AsH2])CCCS. The van der Waals surface area contributed by atoms with Crippen LogP contribution in [0.5, 0.6) is 0 Å². The molecule has 0 aromatic rings. The van der Waals surface area contributed by atoms with Crippen LogP contribution in [0.3, 0.4) is 0 Å². The second kappa shape index (κ2) is 5.19. The summed E-state index contributed by atoms with van der Waals surface area (Å²) >= 11 is 5.26. The molecule has 0 aromatic heterocycles. The summed E-state index contributed by atoms with van der Waals surface area (Å²) in [5.74, 6) is 0.102. The fraction of sp³-hybridized carbons (Fsp3) is 0.800. The Labute approximate surface area is 68.9 Å². The van der Waals surface area contributed by atoms with Crippen LogP contribution in [-0.4, -0.2) is 33.7 Å². The van der Waals surface area contributed by atoms with Gasteiger partial charge in [-0.15, -0.1) is 0 Å². The average molecular weight is 210 g/mol. The molecule has 0 spiro atoms. The molecule has 0 heterocycles. The number of thiol groups is 1. The number of carboxylic acid groups (broad SMARTS) is 1. The van der Waals surface area contributed by atoms with Crippen LogP contribution in [0.2, 0.25) is 4.71 Å². The van der Waals surface area contributed by atoms with E-state index in [9.17, 15) is 4.79 Å². The van der Waals surface area contributed by atoms with E-state index < -0.39 is 5.97 Å². The van der Waals surface area contributed by atoms with E-state index >= 15 is 0 Å². The van der Waals surface area contributed by atoms with Crippen LogP contribution in [0, 0.1) is 0 Å². The second-order valence-corrected chi connectivity index (χ2v) is 3.95. The van der Waals surface area contributed by atoms with Crippen molar-refractivity contribution in [2.45, 2.75) is 17.5 Å². The molecule has 0 saturated carbocycles. The van der Waals surface area contributed by atoms with E-state index in [4.69, 9.17) is 5.11 Å². The Morgan fingerprint density at radius 2 is 2.33 bits per heavy atom. The molecule has 2 atom stereocenters. The number of carboxylic acids is 1. The van der Waals surface area contributed by atoms with Gasteiger partial charge in [-0.2, -0.15) is 0 Å². The van der Waals surface area contributed by atoms with E-state index in [1.165, 1.54) is 16.9 Å². The van der Waals surface area contributed by atoms with E-state index in [0.29, 0.717) is 0 Å². The van der Waals surface area contributed by atoms with E-state index in [1.807, 2.05) is 0 Å². The summed E-state index contributed by atoms with van der Waals surface area (Å²) in [6.45, 7) is 0. The van der Waals surface area contributed by atoms with Crippen LogP contribution >= 0.6 is 12.6 Å². The molecule has 0 aliphatic rings. The number of rotatable bonds is 4. The van der Waals surface area contributed by atoms with Gasteiger partial charge in [0, 0.05) is 0 Å². The summed E-state index contributed by atoms with van der Waals surface area (Å²) in [7, 11) is 0.